The topological polar surface area (TPSA) is 56.0 Å². The van der Waals surface area contributed by atoms with Gasteiger partial charge in [-0.3, -0.25) is 4.98 Å². The van der Waals surface area contributed by atoms with Gasteiger partial charge in [-0.1, -0.05) is 127 Å². The van der Waals surface area contributed by atoms with E-state index in [2.05, 4.69) is 134 Å². The molecule has 0 aliphatic heterocycles. The molecule has 0 atom stereocenters. The van der Waals surface area contributed by atoms with Gasteiger partial charge >= 0.3 is 0 Å². The van der Waals surface area contributed by atoms with Gasteiger partial charge in [0.2, 0.25) is 0 Å². The highest BCUT2D eigenvalue weighted by atomic mass is 15.3. The first-order valence-electron chi connectivity index (χ1n) is 15.6. The van der Waals surface area contributed by atoms with Gasteiger partial charge in [-0.2, -0.15) is 0 Å². The normalized spacial score (nSPS) is 11.4. The molecule has 47 heavy (non-hydrogen) atoms. The second kappa shape index (κ2) is 11.2. The van der Waals surface area contributed by atoms with Gasteiger partial charge in [0.05, 0.1) is 16.9 Å². The van der Waals surface area contributed by atoms with E-state index in [0.717, 1.165) is 72.3 Å². The first kappa shape index (κ1) is 26.9. The summed E-state index contributed by atoms with van der Waals surface area (Å²) in [5.41, 5.74) is 11.0. The minimum Gasteiger partial charge on any atom is -0.255 e. The number of nitrogens with zero attached hydrogens (tertiary/aromatic N) is 5. The smallest absolute Gasteiger partial charge is 0.182 e. The number of rotatable bonds is 5. The van der Waals surface area contributed by atoms with Crippen molar-refractivity contribution < 1.29 is 0 Å². The molecule has 0 aliphatic carbocycles. The SMILES string of the molecule is c1ccc(-c2cc(-c3ccccc3)c3nc(-c4ccc(-c5ccnc(-c6nc7ccccc7c7ccccc67)c5)cc4)nn3c2)cc1. The van der Waals surface area contributed by atoms with Crippen LogP contribution < -0.4 is 0 Å². The summed E-state index contributed by atoms with van der Waals surface area (Å²) in [5.74, 6) is 0.682. The van der Waals surface area contributed by atoms with Crippen LogP contribution in [-0.4, -0.2) is 24.6 Å². The highest BCUT2D eigenvalue weighted by Gasteiger charge is 2.15. The maximum absolute atomic E-state index is 5.06. The highest BCUT2D eigenvalue weighted by molar-refractivity contribution is 6.10. The van der Waals surface area contributed by atoms with Crippen LogP contribution in [0.2, 0.25) is 0 Å². The minimum atomic E-state index is 0.682. The Bertz CT molecular complexity index is 2550. The fourth-order valence-corrected chi connectivity index (χ4v) is 6.38. The molecule has 0 amide bonds. The predicted octanol–water partition coefficient (Wildman–Crippen LogP) is 10.2. The van der Waals surface area contributed by atoms with E-state index in [1.54, 1.807) is 0 Å². The molecular weight excluding hydrogens is 574 g/mol. The van der Waals surface area contributed by atoms with E-state index in [0.29, 0.717) is 5.82 Å². The van der Waals surface area contributed by atoms with E-state index in [1.807, 2.05) is 35.0 Å². The first-order valence-corrected chi connectivity index (χ1v) is 15.6. The zero-order valence-corrected chi connectivity index (χ0v) is 25.3. The Hall–Kier alpha value is -6.46. The largest absolute Gasteiger partial charge is 0.255 e. The van der Waals surface area contributed by atoms with Crippen molar-refractivity contribution in [2.24, 2.45) is 0 Å². The second-order valence-corrected chi connectivity index (χ2v) is 11.6. The molecule has 220 valence electrons. The van der Waals surface area contributed by atoms with Gasteiger partial charge in [-0.25, -0.2) is 14.5 Å². The minimum absolute atomic E-state index is 0.682. The average molecular weight is 602 g/mol. The van der Waals surface area contributed by atoms with Crippen LogP contribution in [0.3, 0.4) is 0 Å². The maximum Gasteiger partial charge on any atom is 0.182 e. The zero-order valence-electron chi connectivity index (χ0n) is 25.3. The van der Waals surface area contributed by atoms with Gasteiger partial charge in [0.1, 0.15) is 0 Å². The molecule has 9 aromatic rings. The fraction of sp³-hybridized carbons (Fsp3) is 0. The lowest BCUT2D eigenvalue weighted by Gasteiger charge is -2.10. The molecule has 9 rings (SSSR count). The lowest BCUT2D eigenvalue weighted by atomic mass is 10.00. The van der Waals surface area contributed by atoms with E-state index in [-0.39, 0.29) is 0 Å². The summed E-state index contributed by atoms with van der Waals surface area (Å²) in [7, 11) is 0. The summed E-state index contributed by atoms with van der Waals surface area (Å²) in [6, 6.07) is 52.3. The summed E-state index contributed by atoms with van der Waals surface area (Å²) in [5, 5.41) is 8.37. The summed E-state index contributed by atoms with van der Waals surface area (Å²) in [4.78, 5) is 14.9. The number of hydrogen-bond donors (Lipinski definition) is 0. The molecule has 0 aliphatic rings. The van der Waals surface area contributed by atoms with Crippen molar-refractivity contribution >= 4 is 27.3 Å². The predicted molar refractivity (Wildman–Crippen MR) is 191 cm³/mol. The van der Waals surface area contributed by atoms with Gasteiger partial charge < -0.3 is 0 Å². The first-order chi connectivity index (χ1) is 23.3. The molecule has 0 bridgehead atoms. The second-order valence-electron chi connectivity index (χ2n) is 11.6. The molecule has 0 spiro atoms. The molecule has 0 saturated heterocycles. The van der Waals surface area contributed by atoms with Crippen LogP contribution in [0.4, 0.5) is 0 Å². The standard InChI is InChI=1S/C42H27N5/c1-3-11-28(12-4-1)33-25-37(30-13-5-2-6-14-30)42-45-41(46-47(42)27-33)31-21-19-29(20-22-31)32-23-24-43-39(26-32)40-36-17-8-7-15-34(36)35-16-9-10-18-38(35)44-40/h1-27H. The molecule has 0 N–H and O–H groups in total. The summed E-state index contributed by atoms with van der Waals surface area (Å²) >= 11 is 0. The number of para-hydroxylation sites is 1. The maximum atomic E-state index is 5.06. The number of benzene rings is 5. The third-order valence-electron chi connectivity index (χ3n) is 8.71. The van der Waals surface area contributed by atoms with E-state index < -0.39 is 0 Å². The Morgan fingerprint density at radius 2 is 1.09 bits per heavy atom. The monoisotopic (exact) mass is 601 g/mol. The third-order valence-corrected chi connectivity index (χ3v) is 8.71. The van der Waals surface area contributed by atoms with Crippen molar-refractivity contribution in [3.05, 3.63) is 164 Å². The van der Waals surface area contributed by atoms with Crippen LogP contribution in [0.1, 0.15) is 0 Å². The number of fused-ring (bicyclic) bond motifs is 4. The molecule has 5 nitrogen and oxygen atoms in total. The molecule has 5 aromatic carbocycles. The number of aromatic nitrogens is 5. The lowest BCUT2D eigenvalue weighted by Crippen LogP contribution is -1.93. The van der Waals surface area contributed by atoms with Crippen LogP contribution >= 0.6 is 0 Å². The van der Waals surface area contributed by atoms with Crippen LogP contribution in [-0.2, 0) is 0 Å². The molecule has 5 heteroatoms. The van der Waals surface area contributed by atoms with Crippen molar-refractivity contribution in [2.45, 2.75) is 0 Å². The van der Waals surface area contributed by atoms with Crippen molar-refractivity contribution in [2.75, 3.05) is 0 Å². The Morgan fingerprint density at radius 3 is 1.87 bits per heavy atom. The summed E-state index contributed by atoms with van der Waals surface area (Å²) in [6.45, 7) is 0. The van der Waals surface area contributed by atoms with Gasteiger partial charge in [0.25, 0.3) is 0 Å². The van der Waals surface area contributed by atoms with Gasteiger partial charge in [0.15, 0.2) is 11.5 Å². The fourth-order valence-electron chi connectivity index (χ4n) is 6.38. The molecule has 4 aromatic heterocycles. The van der Waals surface area contributed by atoms with Crippen molar-refractivity contribution in [3.63, 3.8) is 0 Å². The van der Waals surface area contributed by atoms with Crippen molar-refractivity contribution in [3.8, 4) is 56.2 Å². The van der Waals surface area contributed by atoms with Crippen LogP contribution in [0, 0.1) is 0 Å². The lowest BCUT2D eigenvalue weighted by molar-refractivity contribution is 0.968. The number of hydrogen-bond acceptors (Lipinski definition) is 4. The van der Waals surface area contributed by atoms with Gasteiger partial charge in [-0.15, -0.1) is 5.10 Å². The molecule has 0 unspecified atom stereocenters. The Labute approximate surface area is 271 Å². The van der Waals surface area contributed by atoms with E-state index >= 15 is 0 Å². The van der Waals surface area contributed by atoms with E-state index in [4.69, 9.17) is 20.1 Å². The Balaban J connectivity index is 1.10. The quantitative estimate of drug-likeness (QED) is 0.184. The van der Waals surface area contributed by atoms with E-state index in [9.17, 15) is 0 Å². The van der Waals surface area contributed by atoms with Crippen LogP contribution in [0.15, 0.2) is 164 Å². The van der Waals surface area contributed by atoms with Crippen LogP contribution in [0.5, 0.6) is 0 Å². The Morgan fingerprint density at radius 1 is 0.447 bits per heavy atom. The molecule has 0 radical (unpaired) electrons. The van der Waals surface area contributed by atoms with Gasteiger partial charge in [-0.05, 0) is 51.9 Å². The molecular formula is C42H27N5. The zero-order chi connectivity index (χ0) is 31.2. The molecule has 0 fully saturated rings. The van der Waals surface area contributed by atoms with Gasteiger partial charge in [0, 0.05) is 39.9 Å². The molecule has 4 heterocycles. The van der Waals surface area contributed by atoms with Crippen molar-refractivity contribution in [1.29, 1.82) is 0 Å². The summed E-state index contributed by atoms with van der Waals surface area (Å²) in [6.07, 6.45) is 3.92. The van der Waals surface area contributed by atoms with Crippen molar-refractivity contribution in [1.82, 2.24) is 24.6 Å². The van der Waals surface area contributed by atoms with Crippen LogP contribution in [0.25, 0.3) is 83.5 Å². The Kier molecular flexibility index (Phi) is 6.39. The van der Waals surface area contributed by atoms with E-state index in [1.165, 1.54) is 5.39 Å². The average Bonchev–Trinajstić information content (AvgIpc) is 3.59. The molecule has 0 saturated carbocycles. The summed E-state index contributed by atoms with van der Waals surface area (Å²) < 4.78 is 1.91. The number of pyridine rings is 3. The third kappa shape index (κ3) is 4.82. The highest BCUT2D eigenvalue weighted by Crippen LogP contribution is 2.34.